The minimum absolute atomic E-state index is 0. The van der Waals surface area contributed by atoms with Crippen LogP contribution in [-0.2, 0) is 9.53 Å². The first kappa shape index (κ1) is 13.8. The Bertz CT molecular complexity index is 153. The monoisotopic (exact) mass is 185 g/mol. The fraction of sp³-hybridized carbons (Fsp3) is 0.571. The van der Waals surface area contributed by atoms with Crippen LogP contribution in [0.1, 0.15) is 9.78 Å². The van der Waals surface area contributed by atoms with Gasteiger partial charge in [0.05, 0.1) is 6.61 Å². The minimum atomic E-state index is -0.354. The van der Waals surface area contributed by atoms with Gasteiger partial charge < -0.3 is 12.5 Å². The zero-order chi connectivity index (χ0) is 8.15. The molecule has 0 bridgehead atoms. The molecule has 0 radical (unpaired) electrons. The van der Waals surface area contributed by atoms with Crippen LogP contribution >= 0.6 is 0 Å². The number of rotatable bonds is 3. The number of ether oxygens (including phenoxy) is 1. The predicted octanol–water partition coefficient (Wildman–Crippen LogP) is 0.469. The van der Waals surface area contributed by atoms with Gasteiger partial charge in [0.25, 0.3) is 0 Å². The van der Waals surface area contributed by atoms with Crippen LogP contribution in [0, 0.1) is 0 Å². The predicted molar refractivity (Wildman–Crippen MR) is 47.4 cm³/mol. The summed E-state index contributed by atoms with van der Waals surface area (Å²) in [5.41, 5.74) is 0.377. The summed E-state index contributed by atoms with van der Waals surface area (Å²) in [6.07, 6.45) is 0. The zero-order valence-corrected chi connectivity index (χ0v) is 9.59. The maximum atomic E-state index is 10.8. The summed E-state index contributed by atoms with van der Waals surface area (Å²) < 4.78 is 4.68. The molecule has 4 heteroatoms. The van der Waals surface area contributed by atoms with Gasteiger partial charge in [-0.15, -0.1) is 0 Å². The Morgan fingerprint density at radius 3 is 2.36 bits per heavy atom. The van der Waals surface area contributed by atoms with Crippen LogP contribution in [0.4, 0.5) is 0 Å². The molecule has 0 aromatic heterocycles. The van der Waals surface area contributed by atoms with E-state index < -0.39 is 0 Å². The van der Waals surface area contributed by atoms with Gasteiger partial charge in [0.2, 0.25) is 0 Å². The first-order valence-corrected chi connectivity index (χ1v) is 3.13. The molecule has 0 aromatic carbocycles. The third-order valence-corrected chi connectivity index (χ3v) is 1.05. The van der Waals surface area contributed by atoms with E-state index in [0.29, 0.717) is 12.3 Å². The van der Waals surface area contributed by atoms with E-state index in [1.54, 1.807) is 25.9 Å². The zero-order valence-electron chi connectivity index (χ0n) is 9.39. The first-order chi connectivity index (χ1) is 4.59. The fourth-order valence-corrected chi connectivity index (χ4v) is 0.397. The van der Waals surface area contributed by atoms with E-state index in [9.17, 15) is 4.79 Å². The molecule has 0 N–H and O–H groups in total. The number of carbonyl (C=O) groups is 1. The van der Waals surface area contributed by atoms with Crippen molar-refractivity contribution in [2.45, 2.75) is 6.92 Å². The van der Waals surface area contributed by atoms with Gasteiger partial charge in [-0.2, -0.15) is 0 Å². The number of likely N-dealkylation sites (N-methyl/N-ethyl adjacent to an activating group) is 1. The van der Waals surface area contributed by atoms with Crippen molar-refractivity contribution in [1.29, 1.82) is 0 Å². The van der Waals surface area contributed by atoms with Gasteiger partial charge in [-0.3, -0.25) is 0 Å². The second-order valence-electron chi connectivity index (χ2n) is 2.06. The van der Waals surface area contributed by atoms with E-state index in [1.165, 1.54) is 0 Å². The molecular weight excluding hydrogens is 170 g/mol. The van der Waals surface area contributed by atoms with Crippen molar-refractivity contribution < 1.29 is 12.4 Å². The molecule has 11 heavy (non-hydrogen) atoms. The van der Waals surface area contributed by atoms with Crippen molar-refractivity contribution in [2.75, 3.05) is 20.7 Å². The maximum absolute atomic E-state index is 10.8. The average Bonchev–Trinajstić information content (AvgIpc) is 1.87. The van der Waals surface area contributed by atoms with Crippen LogP contribution in [0.25, 0.3) is 0 Å². The van der Waals surface area contributed by atoms with E-state index in [2.05, 4.69) is 11.3 Å². The Morgan fingerprint density at radius 1 is 1.64 bits per heavy atom. The number of nitrogens with zero attached hydrogens (tertiary/aromatic N) is 1. The Morgan fingerprint density at radius 2 is 2.09 bits per heavy atom. The molecule has 0 rings (SSSR count). The third kappa shape index (κ3) is 5.53. The first-order valence-electron chi connectivity index (χ1n) is 3.13. The van der Waals surface area contributed by atoms with Gasteiger partial charge in [-0.25, -0.2) is 4.79 Å². The Kier molecular flexibility index (Phi) is 8.74. The SMILES string of the molecule is C=C(C(=O)OCC)N(C)C.[Ca+2].[H-].[H-]. The minimum Gasteiger partial charge on any atom is -1.00 e. The topological polar surface area (TPSA) is 29.5 Å². The van der Waals surface area contributed by atoms with E-state index in [4.69, 9.17) is 0 Å². The number of hydrogen-bond acceptors (Lipinski definition) is 3. The molecule has 0 fully saturated rings. The molecule has 0 unspecified atom stereocenters. The van der Waals surface area contributed by atoms with Gasteiger partial charge >= 0.3 is 43.7 Å². The fourth-order valence-electron chi connectivity index (χ4n) is 0.397. The number of carbonyl (C=O) groups excluding carboxylic acids is 1. The normalized spacial score (nSPS) is 7.91. The van der Waals surface area contributed by atoms with E-state index in [0.717, 1.165) is 0 Å². The second kappa shape index (κ2) is 6.95. The summed E-state index contributed by atoms with van der Waals surface area (Å²) in [5, 5.41) is 0. The smallest absolute Gasteiger partial charge is 1.00 e. The van der Waals surface area contributed by atoms with Crippen LogP contribution in [0.15, 0.2) is 12.3 Å². The molecule has 0 saturated carbocycles. The molecule has 0 aromatic rings. The summed E-state index contributed by atoms with van der Waals surface area (Å²) in [4.78, 5) is 12.4. The average molecular weight is 185 g/mol. The van der Waals surface area contributed by atoms with Crippen LogP contribution < -0.4 is 0 Å². The summed E-state index contributed by atoms with van der Waals surface area (Å²) in [6, 6.07) is 0. The van der Waals surface area contributed by atoms with Crippen LogP contribution in [0.5, 0.6) is 0 Å². The Hall–Kier alpha value is 0.270. The molecule has 0 aliphatic heterocycles. The number of esters is 1. The Labute approximate surface area is 100 Å². The third-order valence-electron chi connectivity index (χ3n) is 1.05. The maximum Gasteiger partial charge on any atom is 2.00 e. The molecule has 0 heterocycles. The molecule has 3 nitrogen and oxygen atoms in total. The molecule has 0 atom stereocenters. The van der Waals surface area contributed by atoms with Crippen LogP contribution in [0.3, 0.4) is 0 Å². The van der Waals surface area contributed by atoms with Crippen molar-refractivity contribution in [2.24, 2.45) is 0 Å². The van der Waals surface area contributed by atoms with E-state index in [1.807, 2.05) is 0 Å². The van der Waals surface area contributed by atoms with Crippen molar-refractivity contribution in [3.63, 3.8) is 0 Å². The number of hydrogen-bond donors (Lipinski definition) is 0. The van der Waals surface area contributed by atoms with Crippen molar-refractivity contribution in [3.8, 4) is 0 Å². The molecule has 0 aliphatic carbocycles. The van der Waals surface area contributed by atoms with E-state index >= 15 is 0 Å². The molecule has 0 aliphatic rings. The van der Waals surface area contributed by atoms with Gasteiger partial charge in [0.15, 0.2) is 0 Å². The molecule has 0 spiro atoms. The van der Waals surface area contributed by atoms with E-state index in [-0.39, 0.29) is 46.6 Å². The largest absolute Gasteiger partial charge is 2.00 e. The molecule has 0 saturated heterocycles. The van der Waals surface area contributed by atoms with Crippen molar-refractivity contribution >= 4 is 43.7 Å². The van der Waals surface area contributed by atoms with Crippen molar-refractivity contribution in [3.05, 3.63) is 12.3 Å². The van der Waals surface area contributed by atoms with Crippen molar-refractivity contribution in [1.82, 2.24) is 4.90 Å². The van der Waals surface area contributed by atoms with Crippen LogP contribution in [-0.4, -0.2) is 69.3 Å². The molecule has 62 valence electrons. The van der Waals surface area contributed by atoms with Gasteiger partial charge in [-0.05, 0) is 6.92 Å². The second-order valence-corrected chi connectivity index (χ2v) is 2.06. The summed E-state index contributed by atoms with van der Waals surface area (Å²) >= 11 is 0. The summed E-state index contributed by atoms with van der Waals surface area (Å²) in [7, 11) is 3.50. The summed E-state index contributed by atoms with van der Waals surface area (Å²) in [6.45, 7) is 5.68. The summed E-state index contributed by atoms with van der Waals surface area (Å²) in [5.74, 6) is -0.354. The van der Waals surface area contributed by atoms with Gasteiger partial charge in [-0.1, -0.05) is 6.58 Å². The van der Waals surface area contributed by atoms with Crippen LogP contribution in [0.2, 0.25) is 0 Å². The Balaban J connectivity index is -0.000000135. The quantitative estimate of drug-likeness (QED) is 0.364. The molecule has 0 amide bonds. The van der Waals surface area contributed by atoms with Gasteiger partial charge in [0, 0.05) is 14.1 Å². The van der Waals surface area contributed by atoms with Gasteiger partial charge in [0.1, 0.15) is 5.70 Å². The standard InChI is InChI=1S/C7H13NO2.Ca.2H/c1-5-10-7(9)6(2)8(3)4;;;/h2,5H2,1,3-4H3;;;/q;+2;2*-1. The molecular formula is C7H15CaNO2.